The largest absolute Gasteiger partial charge is 0.456 e. The van der Waals surface area contributed by atoms with Gasteiger partial charge in [-0.15, -0.1) is 0 Å². The second-order valence-electron chi connectivity index (χ2n) is 11.5. The number of furan rings is 1. The molecule has 2 aliphatic heterocycles. The number of carbonyl (C=O) groups excluding carboxylic acids is 1. The fourth-order valence-corrected chi connectivity index (χ4v) is 6.46. The molecule has 14 heteroatoms. The Hall–Kier alpha value is -4.53. The van der Waals surface area contributed by atoms with E-state index >= 15 is 4.39 Å². The molecule has 46 heavy (non-hydrogen) atoms. The molecule has 2 atom stereocenters. The number of piperidine rings is 1. The number of nitrogens with zero attached hydrogens (tertiary/aromatic N) is 2. The van der Waals surface area contributed by atoms with Crippen LogP contribution < -0.4 is 28.0 Å². The maximum Gasteiger partial charge on any atom is 0.416 e. The highest BCUT2D eigenvalue weighted by atomic mass is 19.4. The minimum Gasteiger partial charge on any atom is -0.456 e. The molecular weight excluding hydrogens is 610 g/mol. The van der Waals surface area contributed by atoms with E-state index in [1.54, 1.807) is 30.3 Å². The van der Waals surface area contributed by atoms with Crippen LogP contribution in [0.5, 0.6) is 0 Å². The highest BCUT2D eigenvalue weighted by Crippen LogP contribution is 2.48. The molecule has 1 amide bonds. The van der Waals surface area contributed by atoms with Crippen molar-refractivity contribution in [1.82, 2.24) is 14.5 Å². The van der Waals surface area contributed by atoms with Gasteiger partial charge < -0.3 is 25.9 Å². The summed E-state index contributed by atoms with van der Waals surface area (Å²) in [6.07, 6.45) is -5.47. The van der Waals surface area contributed by atoms with Gasteiger partial charge in [-0.1, -0.05) is 36.4 Å². The number of fused-ring (bicyclic) bond motifs is 2. The fraction of sp³-hybridized carbons (Fsp3) is 0.344. The quantitative estimate of drug-likeness (QED) is 0.250. The Morgan fingerprint density at radius 3 is 2.39 bits per heavy atom. The van der Waals surface area contributed by atoms with E-state index in [-0.39, 0.29) is 35.7 Å². The van der Waals surface area contributed by atoms with Crippen LogP contribution in [-0.2, 0) is 36.0 Å². The SMILES string of the molecule is NC(=O)c1ccc(C[C@H]2OC3(CCNCC3)c3c2n(Cc2c(F)cccc2C(F)(F)F)c(=O)n(CC(N)c2ccccc2)c3=O)o1. The normalized spacial score (nSPS) is 18.1. The van der Waals surface area contributed by atoms with Crippen LogP contribution in [0.4, 0.5) is 17.6 Å². The molecule has 0 radical (unpaired) electrons. The molecule has 4 aromatic rings. The van der Waals surface area contributed by atoms with E-state index in [1.807, 2.05) is 0 Å². The second-order valence-corrected chi connectivity index (χ2v) is 11.5. The summed E-state index contributed by atoms with van der Waals surface area (Å²) in [5.74, 6) is -1.89. The molecule has 2 aliphatic rings. The molecule has 242 valence electrons. The third-order valence-electron chi connectivity index (χ3n) is 8.65. The van der Waals surface area contributed by atoms with Crippen LogP contribution in [0.15, 0.2) is 74.7 Å². The van der Waals surface area contributed by atoms with E-state index in [2.05, 4.69) is 5.32 Å². The number of hydrogen-bond acceptors (Lipinski definition) is 7. The van der Waals surface area contributed by atoms with Crippen molar-refractivity contribution in [1.29, 1.82) is 0 Å². The molecule has 0 aliphatic carbocycles. The summed E-state index contributed by atoms with van der Waals surface area (Å²) in [7, 11) is 0. The fourth-order valence-electron chi connectivity index (χ4n) is 6.46. The predicted octanol–water partition coefficient (Wildman–Crippen LogP) is 3.50. The first kappa shape index (κ1) is 31.5. The maximum absolute atomic E-state index is 15.2. The van der Waals surface area contributed by atoms with Crippen LogP contribution in [0, 0.1) is 5.82 Å². The van der Waals surface area contributed by atoms with Crippen LogP contribution in [0.2, 0.25) is 0 Å². The average molecular weight is 642 g/mol. The van der Waals surface area contributed by atoms with Crippen molar-refractivity contribution in [2.75, 3.05) is 13.1 Å². The molecule has 10 nitrogen and oxygen atoms in total. The summed E-state index contributed by atoms with van der Waals surface area (Å²) in [4.78, 5) is 40.3. The lowest BCUT2D eigenvalue weighted by Gasteiger charge is -2.34. The van der Waals surface area contributed by atoms with Gasteiger partial charge in [-0.25, -0.2) is 9.18 Å². The molecular formula is C32H31F4N5O5. The lowest BCUT2D eigenvalue weighted by molar-refractivity contribution is -0.138. The number of nitrogens with one attached hydrogen (secondary N) is 1. The molecule has 1 fully saturated rings. The molecule has 1 unspecified atom stereocenters. The Kier molecular flexibility index (Phi) is 8.21. The molecule has 4 heterocycles. The highest BCUT2D eigenvalue weighted by Gasteiger charge is 2.50. The molecule has 6 rings (SSSR count). The summed E-state index contributed by atoms with van der Waals surface area (Å²) >= 11 is 0. The summed E-state index contributed by atoms with van der Waals surface area (Å²) < 4.78 is 71.6. The number of benzene rings is 2. The number of amides is 1. The van der Waals surface area contributed by atoms with Crippen LogP contribution >= 0.6 is 0 Å². The van der Waals surface area contributed by atoms with Gasteiger partial charge in [-0.3, -0.25) is 18.7 Å². The van der Waals surface area contributed by atoms with E-state index < -0.39 is 64.6 Å². The van der Waals surface area contributed by atoms with Gasteiger partial charge >= 0.3 is 11.9 Å². The number of rotatable bonds is 8. The van der Waals surface area contributed by atoms with Gasteiger partial charge in [0.25, 0.3) is 11.5 Å². The summed E-state index contributed by atoms with van der Waals surface area (Å²) in [6.45, 7) is -0.237. The Labute approximate surface area is 259 Å². The Bertz CT molecular complexity index is 1890. The van der Waals surface area contributed by atoms with Gasteiger partial charge in [0.1, 0.15) is 23.3 Å². The molecule has 2 aromatic carbocycles. The van der Waals surface area contributed by atoms with Gasteiger partial charge in [-0.2, -0.15) is 13.2 Å². The lowest BCUT2D eigenvalue weighted by atomic mass is 9.85. The standard InChI is InChI=1S/C32H31F4N5O5/c33-22-8-4-7-21(32(34,35)36)20(22)16-40-27-25(15-19-9-10-24(45-19)28(38)42)46-31(11-13-39-14-12-31)26(27)29(43)41(30(40)44)17-23(37)18-5-2-1-3-6-18/h1-10,23,25,39H,11-17,37H2,(H2,38,42)/t23?,25-/m1/s1. The molecule has 0 bridgehead atoms. The maximum atomic E-state index is 15.2. The van der Waals surface area contributed by atoms with Gasteiger partial charge in [0.2, 0.25) is 0 Å². The highest BCUT2D eigenvalue weighted by molar-refractivity contribution is 5.89. The van der Waals surface area contributed by atoms with Crippen LogP contribution in [0.25, 0.3) is 0 Å². The zero-order valence-corrected chi connectivity index (χ0v) is 24.5. The number of alkyl halides is 3. The summed E-state index contributed by atoms with van der Waals surface area (Å²) in [5.41, 5.74) is 7.64. The minimum atomic E-state index is -4.93. The zero-order chi connectivity index (χ0) is 32.8. The molecule has 5 N–H and O–H groups in total. The Balaban J connectivity index is 1.58. The van der Waals surface area contributed by atoms with Gasteiger partial charge in [0.15, 0.2) is 5.76 Å². The average Bonchev–Trinajstić information content (AvgIpc) is 3.61. The number of carbonyl (C=O) groups is 1. The van der Waals surface area contributed by atoms with E-state index in [9.17, 15) is 27.6 Å². The van der Waals surface area contributed by atoms with Crippen molar-refractivity contribution < 1.29 is 31.5 Å². The first-order valence-corrected chi connectivity index (χ1v) is 14.7. The summed E-state index contributed by atoms with van der Waals surface area (Å²) in [5, 5.41) is 3.21. The predicted molar refractivity (Wildman–Crippen MR) is 157 cm³/mol. The van der Waals surface area contributed by atoms with Gasteiger partial charge in [0.05, 0.1) is 29.9 Å². The van der Waals surface area contributed by atoms with Crippen LogP contribution in [0.3, 0.4) is 0 Å². The van der Waals surface area contributed by atoms with Gasteiger partial charge in [0, 0.05) is 18.0 Å². The summed E-state index contributed by atoms with van der Waals surface area (Å²) in [6, 6.07) is 13.3. The topological polar surface area (TPSA) is 148 Å². The Morgan fingerprint density at radius 2 is 1.74 bits per heavy atom. The number of aromatic nitrogens is 2. The van der Waals surface area contributed by atoms with Crippen molar-refractivity contribution in [2.24, 2.45) is 11.5 Å². The van der Waals surface area contributed by atoms with E-state index in [0.717, 1.165) is 27.3 Å². The number of primary amides is 1. The second kappa shape index (κ2) is 12.0. The number of halogens is 4. The van der Waals surface area contributed by atoms with Crippen molar-refractivity contribution in [3.63, 3.8) is 0 Å². The third kappa shape index (κ3) is 5.67. The monoisotopic (exact) mass is 641 g/mol. The Morgan fingerprint density at radius 1 is 1.02 bits per heavy atom. The first-order valence-electron chi connectivity index (χ1n) is 14.7. The lowest BCUT2D eigenvalue weighted by Crippen LogP contribution is -2.49. The molecule has 1 spiro atoms. The van der Waals surface area contributed by atoms with E-state index in [1.165, 1.54) is 12.1 Å². The van der Waals surface area contributed by atoms with E-state index in [4.69, 9.17) is 20.6 Å². The first-order chi connectivity index (χ1) is 21.9. The van der Waals surface area contributed by atoms with Crippen molar-refractivity contribution in [2.45, 2.75) is 56.3 Å². The number of nitrogens with two attached hydrogens (primary N) is 2. The minimum absolute atomic E-state index is 0.0230. The molecule has 1 saturated heterocycles. The molecule has 0 saturated carbocycles. The molecule has 2 aromatic heterocycles. The smallest absolute Gasteiger partial charge is 0.416 e. The van der Waals surface area contributed by atoms with E-state index in [0.29, 0.717) is 31.5 Å². The van der Waals surface area contributed by atoms with Crippen molar-refractivity contribution in [3.8, 4) is 0 Å². The third-order valence-corrected chi connectivity index (χ3v) is 8.65. The van der Waals surface area contributed by atoms with Crippen molar-refractivity contribution >= 4 is 5.91 Å². The zero-order valence-electron chi connectivity index (χ0n) is 24.5. The number of hydrogen-bond donors (Lipinski definition) is 3. The van der Waals surface area contributed by atoms with Crippen LogP contribution in [-0.4, -0.2) is 28.1 Å². The number of ether oxygens (including phenoxy) is 1. The van der Waals surface area contributed by atoms with Gasteiger partial charge in [-0.05, 0) is 55.8 Å². The van der Waals surface area contributed by atoms with Crippen molar-refractivity contribution in [3.05, 3.63) is 127 Å². The van der Waals surface area contributed by atoms with Crippen LogP contribution in [0.1, 0.15) is 69.3 Å².